The molecule has 3 rings (SSSR count). The number of nitrogens with zero attached hydrogens (tertiary/aromatic N) is 2. The molecule has 0 saturated heterocycles. The molecule has 2 heterocycles. The lowest BCUT2D eigenvalue weighted by Gasteiger charge is -2.33. The highest BCUT2D eigenvalue weighted by atomic mass is 35.5. The minimum atomic E-state index is -0.298. The number of fused-ring (bicyclic) bond motifs is 1. The molecule has 166 valence electrons. The van der Waals surface area contributed by atoms with Crippen LogP contribution in [0.25, 0.3) is 10.9 Å². The van der Waals surface area contributed by atoms with Gasteiger partial charge in [-0.05, 0) is 68.4 Å². The van der Waals surface area contributed by atoms with Crippen molar-refractivity contribution in [2.45, 2.75) is 26.3 Å². The van der Waals surface area contributed by atoms with Gasteiger partial charge in [-0.2, -0.15) is 0 Å². The first-order valence-electron chi connectivity index (χ1n) is 9.84. The number of ether oxygens (including phenoxy) is 1. The van der Waals surface area contributed by atoms with E-state index < -0.39 is 0 Å². The molecule has 5 nitrogen and oxygen atoms in total. The second kappa shape index (κ2) is 11.2. The van der Waals surface area contributed by atoms with E-state index in [1.807, 2.05) is 23.2 Å². The Bertz CT molecular complexity index is 1040. The normalized spacial score (nSPS) is 11.6. The number of nitrogens with one attached hydrogen (secondary N) is 2. The number of pyridine rings is 1. The maximum absolute atomic E-state index is 13.6. The molecule has 0 bridgehead atoms. The van der Waals surface area contributed by atoms with Crippen molar-refractivity contribution in [1.29, 1.82) is 0 Å². The molecular formula is C23H28ClFN4OS. The molecule has 0 spiro atoms. The van der Waals surface area contributed by atoms with Crippen LogP contribution >= 0.6 is 24.6 Å². The summed E-state index contributed by atoms with van der Waals surface area (Å²) in [4.78, 5) is 10.2. The van der Waals surface area contributed by atoms with Gasteiger partial charge in [0.1, 0.15) is 5.82 Å². The largest absolute Gasteiger partial charge is 0.383 e. The lowest BCUT2D eigenvalue weighted by atomic mass is 10.0. The Morgan fingerprint density at radius 3 is 2.68 bits per heavy atom. The quantitative estimate of drug-likeness (QED) is 0.267. The van der Waals surface area contributed by atoms with Gasteiger partial charge in [-0.1, -0.05) is 6.08 Å². The third-order valence-corrected chi connectivity index (χ3v) is 5.52. The van der Waals surface area contributed by atoms with Crippen LogP contribution in [0.15, 0.2) is 49.2 Å². The maximum atomic E-state index is 13.6. The third-order valence-electron chi connectivity index (χ3n) is 5.18. The maximum Gasteiger partial charge on any atom is 0.174 e. The molecule has 2 N–H and O–H groups in total. The van der Waals surface area contributed by atoms with E-state index in [-0.39, 0.29) is 24.3 Å². The second-order valence-electron chi connectivity index (χ2n) is 7.11. The Balaban J connectivity index is 0.00000341. The summed E-state index contributed by atoms with van der Waals surface area (Å²) >= 11 is 5.74. The first-order chi connectivity index (χ1) is 14.5. The molecule has 1 aromatic carbocycles. The molecule has 3 aromatic rings. The van der Waals surface area contributed by atoms with Crippen molar-refractivity contribution in [3.05, 3.63) is 72.0 Å². The third kappa shape index (κ3) is 5.42. The van der Waals surface area contributed by atoms with Crippen molar-refractivity contribution < 1.29 is 9.13 Å². The smallest absolute Gasteiger partial charge is 0.174 e. The van der Waals surface area contributed by atoms with E-state index in [1.165, 1.54) is 17.7 Å². The zero-order chi connectivity index (χ0) is 21.7. The van der Waals surface area contributed by atoms with Crippen molar-refractivity contribution in [2.75, 3.05) is 25.2 Å². The fraction of sp³-hybridized carbons (Fsp3) is 0.304. The minimum Gasteiger partial charge on any atom is -0.383 e. The highest BCUT2D eigenvalue weighted by molar-refractivity contribution is 7.80. The summed E-state index contributed by atoms with van der Waals surface area (Å²) in [5.41, 5.74) is 4.91. The van der Waals surface area contributed by atoms with Crippen molar-refractivity contribution in [1.82, 2.24) is 15.3 Å². The fourth-order valence-electron chi connectivity index (χ4n) is 3.54. The van der Waals surface area contributed by atoms with E-state index in [0.717, 1.165) is 28.0 Å². The van der Waals surface area contributed by atoms with E-state index in [1.54, 1.807) is 19.2 Å². The summed E-state index contributed by atoms with van der Waals surface area (Å²) in [5.74, 6) is -0.298. The first-order valence-corrected chi connectivity index (χ1v) is 10.2. The standard InChI is InChI=1S/C23H27FN4OS.ClH/c1-5-6-20(22-21-19(11-12-25-22)15(2)16(3)27-21)28(23(30)26-13-14-29-4)18-9-7-17(24)8-10-18;/h5,7-12,20,27H,1,6,13-14H2,2-4H3,(H,26,30);1H. The van der Waals surface area contributed by atoms with Crippen LogP contribution in [0, 0.1) is 19.7 Å². The van der Waals surface area contributed by atoms with E-state index in [9.17, 15) is 4.39 Å². The number of benzene rings is 1. The molecular weight excluding hydrogens is 435 g/mol. The number of anilines is 1. The summed E-state index contributed by atoms with van der Waals surface area (Å²) < 4.78 is 18.7. The van der Waals surface area contributed by atoms with Crippen molar-refractivity contribution in [3.63, 3.8) is 0 Å². The van der Waals surface area contributed by atoms with Gasteiger partial charge in [0.2, 0.25) is 0 Å². The number of hydrogen-bond donors (Lipinski definition) is 2. The van der Waals surface area contributed by atoms with Crippen LogP contribution in [-0.4, -0.2) is 35.3 Å². The van der Waals surface area contributed by atoms with Gasteiger partial charge in [0.15, 0.2) is 5.11 Å². The van der Waals surface area contributed by atoms with Crippen LogP contribution < -0.4 is 10.2 Å². The van der Waals surface area contributed by atoms with Gasteiger partial charge in [-0.25, -0.2) is 4.39 Å². The van der Waals surface area contributed by atoms with Crippen LogP contribution in [0.3, 0.4) is 0 Å². The number of aromatic nitrogens is 2. The molecule has 0 fully saturated rings. The molecule has 0 amide bonds. The summed E-state index contributed by atoms with van der Waals surface area (Å²) in [6.07, 6.45) is 4.27. The van der Waals surface area contributed by atoms with Gasteiger partial charge in [0.05, 0.1) is 23.9 Å². The zero-order valence-electron chi connectivity index (χ0n) is 17.9. The van der Waals surface area contributed by atoms with Crippen molar-refractivity contribution in [3.8, 4) is 0 Å². The highest BCUT2D eigenvalue weighted by Gasteiger charge is 2.27. The predicted molar refractivity (Wildman–Crippen MR) is 132 cm³/mol. The second-order valence-corrected chi connectivity index (χ2v) is 7.49. The monoisotopic (exact) mass is 462 g/mol. The van der Waals surface area contributed by atoms with Crippen LogP contribution in [0.5, 0.6) is 0 Å². The van der Waals surface area contributed by atoms with Crippen LogP contribution in [0.2, 0.25) is 0 Å². The average Bonchev–Trinajstić information content (AvgIpc) is 3.03. The molecule has 1 atom stereocenters. The van der Waals surface area contributed by atoms with Gasteiger partial charge >= 0.3 is 0 Å². The Labute approximate surface area is 194 Å². The number of hydrogen-bond acceptors (Lipinski definition) is 3. The Morgan fingerprint density at radius 1 is 1.32 bits per heavy atom. The zero-order valence-corrected chi connectivity index (χ0v) is 19.6. The average molecular weight is 463 g/mol. The van der Waals surface area contributed by atoms with Gasteiger partial charge in [0, 0.05) is 36.6 Å². The lowest BCUT2D eigenvalue weighted by Crippen LogP contribution is -2.43. The van der Waals surface area contributed by atoms with Gasteiger partial charge < -0.3 is 19.9 Å². The highest BCUT2D eigenvalue weighted by Crippen LogP contribution is 2.34. The van der Waals surface area contributed by atoms with Crippen molar-refractivity contribution in [2.24, 2.45) is 0 Å². The van der Waals surface area contributed by atoms with E-state index in [0.29, 0.717) is 24.7 Å². The number of aryl methyl sites for hydroxylation is 2. The summed E-state index contributed by atoms with van der Waals surface area (Å²) in [5, 5.41) is 4.88. The predicted octanol–water partition coefficient (Wildman–Crippen LogP) is 5.39. The molecule has 1 unspecified atom stereocenters. The molecule has 0 aliphatic heterocycles. The molecule has 0 radical (unpaired) electrons. The number of halogens is 2. The Kier molecular flexibility index (Phi) is 8.98. The van der Waals surface area contributed by atoms with Gasteiger partial charge in [-0.3, -0.25) is 4.98 Å². The van der Waals surface area contributed by atoms with Crippen LogP contribution in [0.4, 0.5) is 10.1 Å². The lowest BCUT2D eigenvalue weighted by molar-refractivity contribution is 0.204. The van der Waals surface area contributed by atoms with E-state index in [4.69, 9.17) is 21.9 Å². The summed E-state index contributed by atoms with van der Waals surface area (Å²) in [6.45, 7) is 9.17. The minimum absolute atomic E-state index is 0. The molecule has 31 heavy (non-hydrogen) atoms. The Morgan fingerprint density at radius 2 is 2.03 bits per heavy atom. The number of thiocarbonyl (C=S) groups is 1. The Hall–Kier alpha value is -2.48. The topological polar surface area (TPSA) is 53.2 Å². The number of H-pyrrole nitrogens is 1. The molecule has 2 aromatic heterocycles. The molecule has 0 saturated carbocycles. The summed E-state index contributed by atoms with van der Waals surface area (Å²) in [6, 6.07) is 8.10. The first kappa shape index (κ1) is 24.8. The van der Waals surface area contributed by atoms with E-state index >= 15 is 0 Å². The number of rotatable bonds is 8. The summed E-state index contributed by atoms with van der Waals surface area (Å²) in [7, 11) is 1.64. The molecule has 0 aliphatic carbocycles. The fourth-order valence-corrected chi connectivity index (χ4v) is 3.88. The van der Waals surface area contributed by atoms with Gasteiger partial charge in [0.25, 0.3) is 0 Å². The number of aromatic amines is 1. The molecule has 0 aliphatic rings. The van der Waals surface area contributed by atoms with Crippen LogP contribution in [-0.2, 0) is 4.74 Å². The van der Waals surface area contributed by atoms with E-state index in [2.05, 4.69) is 30.7 Å². The SMILES string of the molecule is C=CCC(c1nccc2c(C)c(C)[nH]c12)N(C(=S)NCCOC)c1ccc(F)cc1.Cl. The van der Waals surface area contributed by atoms with Crippen molar-refractivity contribution >= 4 is 46.3 Å². The van der Waals surface area contributed by atoms with Crippen LogP contribution in [0.1, 0.15) is 29.4 Å². The van der Waals surface area contributed by atoms with Gasteiger partial charge in [-0.15, -0.1) is 19.0 Å². The number of methoxy groups -OCH3 is 1. The molecule has 8 heteroatoms.